The first-order chi connectivity index (χ1) is 48.4. The van der Waals surface area contributed by atoms with Crippen molar-refractivity contribution < 1.29 is 71.7 Å². The van der Waals surface area contributed by atoms with E-state index in [0.29, 0.717) is 29.4 Å². The molecular formula is C76H91N5O19. The minimum atomic E-state index is -1.15. The molecule has 24 heteroatoms. The molecule has 0 radical (unpaired) electrons. The highest BCUT2D eigenvalue weighted by Gasteiger charge is 2.40. The van der Waals surface area contributed by atoms with Crippen LogP contribution in [0.15, 0.2) is 201 Å². The summed E-state index contributed by atoms with van der Waals surface area (Å²) in [6, 6.07) is 52.0. The third kappa shape index (κ3) is 23.5. The summed E-state index contributed by atoms with van der Waals surface area (Å²) in [4.78, 5) is 102. The standard InChI is InChI=1S/C36H40N2O9.C34H36N2O10.C6H15N/c1-4-30(39)14-19-34(41)46-23-26(22-45-25-38-21-20-33(40)37-35(38)42)24-47-36(27-8-6-5-7-9-27,28-10-15-31(43-2)16-11-28)29-12-17-32(44-3)18-13-29;1-42-28-12-8-26(9-13-28)34(25-6-4-3-5-7-25,27-10-14-29(43-2)15-11-27)46-22-24(21-45-32(40)17-16-31(38)39)20-44-23-36-19-18-30(37)35-33(36)41;1-4-7(5-2)6-3/h5-13,15-18,20-21,26H,4,14,19,22-25H2,1-3H3,(H,37,40,42);3-15,18-19,24H,16-17,20-23H2,1-2H3,(H,38,39)(H,35,37,41);4-6H2,1-3H3/t26-;24-;/m11./s1. The maximum atomic E-state index is 12.6. The van der Waals surface area contributed by atoms with Gasteiger partial charge in [0.25, 0.3) is 11.1 Å². The van der Waals surface area contributed by atoms with Crippen molar-refractivity contribution in [1.82, 2.24) is 24.0 Å². The number of H-pyrrole nitrogens is 2. The highest BCUT2D eigenvalue weighted by atomic mass is 16.6. The summed E-state index contributed by atoms with van der Waals surface area (Å²) < 4.78 is 60.6. The highest BCUT2D eigenvalue weighted by molar-refractivity contribution is 5.82. The molecule has 0 bridgehead atoms. The van der Waals surface area contributed by atoms with Crippen molar-refractivity contribution in [3.63, 3.8) is 0 Å². The number of aromatic nitrogens is 4. The molecule has 8 aromatic rings. The number of carbonyl (C=O) groups excluding carboxylic acids is 3. The van der Waals surface area contributed by atoms with Gasteiger partial charge in [-0.1, -0.05) is 137 Å². The van der Waals surface area contributed by atoms with E-state index in [-0.39, 0.29) is 84.6 Å². The molecule has 0 aliphatic heterocycles. The van der Waals surface area contributed by atoms with Crippen LogP contribution in [0, 0.1) is 11.8 Å². The number of carboxylic acids is 1. The van der Waals surface area contributed by atoms with E-state index >= 15 is 0 Å². The molecule has 2 aromatic heterocycles. The Bertz CT molecular complexity index is 3910. The molecule has 0 aliphatic rings. The van der Waals surface area contributed by atoms with E-state index in [2.05, 4.69) is 35.6 Å². The van der Waals surface area contributed by atoms with Crippen LogP contribution in [0.1, 0.15) is 93.2 Å². The van der Waals surface area contributed by atoms with Gasteiger partial charge in [0.05, 0.1) is 87.3 Å². The van der Waals surface area contributed by atoms with Gasteiger partial charge in [0.1, 0.15) is 53.4 Å². The molecule has 0 saturated carbocycles. The number of carbonyl (C=O) groups is 4. The molecule has 0 amide bonds. The molecular weight excluding hydrogens is 1290 g/mol. The number of aliphatic carboxylic acids is 1. The Morgan fingerprint density at radius 3 is 1.02 bits per heavy atom. The average molecular weight is 1380 g/mol. The SMILES string of the molecule is CCC(=O)CCC(=O)OC[C@@H](COCn1ccc(=O)[nH]c1=O)COC(c1ccccc1)(c1ccc(OC)cc1)c1ccc(OC)cc1.CCN(CC)CC.COc1ccc(C(OC[C@H](COCn2ccc(=O)[nH]c2=O)COC(=O)CCC(=O)O)(c2ccccc2)c2ccc(OC)cc2)cc1. The van der Waals surface area contributed by atoms with Crippen molar-refractivity contribution in [2.24, 2.45) is 11.8 Å². The van der Waals surface area contributed by atoms with Gasteiger partial charge in [0.2, 0.25) is 0 Å². The summed E-state index contributed by atoms with van der Waals surface area (Å²) in [6.07, 6.45) is 2.42. The Labute approximate surface area is 581 Å². The summed E-state index contributed by atoms with van der Waals surface area (Å²) >= 11 is 0. The topological polar surface area (TPSA) is 294 Å². The lowest BCUT2D eigenvalue weighted by Crippen LogP contribution is -2.37. The van der Waals surface area contributed by atoms with Crippen LogP contribution in [0.3, 0.4) is 0 Å². The highest BCUT2D eigenvalue weighted by Crippen LogP contribution is 2.44. The number of ketones is 1. The first kappa shape index (κ1) is 78.8. The number of hydrogen-bond donors (Lipinski definition) is 3. The Kier molecular flexibility index (Phi) is 32.5. The zero-order chi connectivity index (χ0) is 72.3. The number of hydrogen-bond acceptors (Lipinski definition) is 19. The van der Waals surface area contributed by atoms with E-state index in [1.807, 2.05) is 158 Å². The zero-order valence-electron chi connectivity index (χ0n) is 57.9. The van der Waals surface area contributed by atoms with Gasteiger partial charge < -0.3 is 57.4 Å². The largest absolute Gasteiger partial charge is 0.497 e. The number of benzene rings is 6. The second kappa shape index (κ2) is 41.2. The van der Waals surface area contributed by atoms with E-state index < -0.39 is 63.4 Å². The van der Waals surface area contributed by atoms with Crippen molar-refractivity contribution >= 4 is 23.7 Å². The Morgan fingerprint density at radius 1 is 0.420 bits per heavy atom. The van der Waals surface area contributed by atoms with Crippen LogP contribution in [0.4, 0.5) is 0 Å². The Balaban J connectivity index is 0.000000287. The van der Waals surface area contributed by atoms with Crippen molar-refractivity contribution in [1.29, 1.82) is 0 Å². The third-order valence-electron chi connectivity index (χ3n) is 16.2. The van der Waals surface area contributed by atoms with Gasteiger partial charge in [-0.25, -0.2) is 9.59 Å². The van der Waals surface area contributed by atoms with Gasteiger partial charge >= 0.3 is 29.3 Å². The van der Waals surface area contributed by atoms with Gasteiger partial charge in [-0.05, 0) is 102 Å². The van der Waals surface area contributed by atoms with Crippen LogP contribution in [0.25, 0.3) is 0 Å². The fourth-order valence-corrected chi connectivity index (χ4v) is 10.5. The van der Waals surface area contributed by atoms with E-state index in [4.69, 9.17) is 52.5 Å². The molecule has 0 fully saturated rings. The minimum absolute atomic E-state index is 0.00608. The summed E-state index contributed by atoms with van der Waals surface area (Å²) in [5, 5.41) is 8.95. The van der Waals surface area contributed by atoms with Crippen molar-refractivity contribution in [2.75, 3.05) is 87.7 Å². The molecule has 534 valence electrons. The van der Waals surface area contributed by atoms with E-state index in [0.717, 1.165) is 33.4 Å². The third-order valence-corrected chi connectivity index (χ3v) is 16.2. The summed E-state index contributed by atoms with van der Waals surface area (Å²) in [7, 11) is 6.38. The molecule has 24 nitrogen and oxygen atoms in total. The predicted octanol–water partition coefficient (Wildman–Crippen LogP) is 9.36. The first-order valence-corrected chi connectivity index (χ1v) is 32.9. The van der Waals surface area contributed by atoms with Gasteiger partial charge in [-0.15, -0.1) is 0 Å². The number of carboxylic acid groups (broad SMARTS) is 1. The zero-order valence-corrected chi connectivity index (χ0v) is 57.9. The Morgan fingerprint density at radius 2 is 0.740 bits per heavy atom. The number of Topliss-reactive ketones (excluding diaryl/α,β-unsaturated/α-hetero) is 1. The van der Waals surface area contributed by atoms with Crippen LogP contribution in [-0.4, -0.2) is 141 Å². The number of rotatable bonds is 38. The lowest BCUT2D eigenvalue weighted by Gasteiger charge is -2.37. The van der Waals surface area contributed by atoms with E-state index in [9.17, 15) is 38.4 Å². The van der Waals surface area contributed by atoms with Crippen LogP contribution in [-0.2, 0) is 72.3 Å². The molecule has 100 heavy (non-hydrogen) atoms. The van der Waals surface area contributed by atoms with Gasteiger partial charge in [-0.2, -0.15) is 0 Å². The number of nitrogens with zero attached hydrogens (tertiary/aromatic N) is 3. The Hall–Kier alpha value is -10.2. The molecule has 3 N–H and O–H groups in total. The van der Waals surface area contributed by atoms with Crippen LogP contribution in [0.2, 0.25) is 0 Å². The predicted molar refractivity (Wildman–Crippen MR) is 375 cm³/mol. The van der Waals surface area contributed by atoms with Gasteiger partial charge in [0, 0.05) is 49.2 Å². The molecule has 0 aliphatic carbocycles. The molecule has 6 aromatic carbocycles. The number of aromatic amines is 2. The number of esters is 2. The smallest absolute Gasteiger partial charge is 0.330 e. The van der Waals surface area contributed by atoms with Gasteiger partial charge in [-0.3, -0.25) is 47.9 Å². The van der Waals surface area contributed by atoms with Crippen molar-refractivity contribution in [2.45, 2.75) is 84.5 Å². The van der Waals surface area contributed by atoms with Gasteiger partial charge in [0.15, 0.2) is 0 Å². The number of ether oxygens (including phenoxy) is 10. The van der Waals surface area contributed by atoms with Crippen LogP contribution in [0.5, 0.6) is 23.0 Å². The molecule has 2 atom stereocenters. The van der Waals surface area contributed by atoms with Crippen molar-refractivity contribution in [3.05, 3.63) is 257 Å². The monoisotopic (exact) mass is 1380 g/mol. The van der Waals surface area contributed by atoms with Crippen LogP contribution < -0.4 is 41.4 Å². The van der Waals surface area contributed by atoms with Crippen molar-refractivity contribution in [3.8, 4) is 23.0 Å². The summed E-state index contributed by atoms with van der Waals surface area (Å²) in [5.74, 6) is -0.662. The van der Waals surface area contributed by atoms with E-state index in [1.54, 1.807) is 35.4 Å². The lowest BCUT2D eigenvalue weighted by atomic mass is 9.80. The lowest BCUT2D eigenvalue weighted by molar-refractivity contribution is -0.150. The first-order valence-electron chi connectivity index (χ1n) is 32.9. The number of methoxy groups -OCH3 is 4. The molecule has 0 saturated heterocycles. The molecule has 0 spiro atoms. The second-order valence-corrected chi connectivity index (χ2v) is 22.8. The average Bonchev–Trinajstić information content (AvgIpc) is 0.762. The fraction of sp³-hybridized carbons (Fsp3) is 0.368. The van der Waals surface area contributed by atoms with E-state index in [1.165, 1.54) is 53.3 Å². The quantitative estimate of drug-likeness (QED) is 0.0240. The molecule has 2 heterocycles. The summed E-state index contributed by atoms with van der Waals surface area (Å²) in [5.41, 5.74) is 0.344. The fourth-order valence-electron chi connectivity index (χ4n) is 10.5. The molecule has 0 unspecified atom stereocenters. The van der Waals surface area contributed by atoms with Crippen LogP contribution >= 0.6 is 0 Å². The maximum Gasteiger partial charge on any atom is 0.330 e. The number of nitrogens with one attached hydrogen (secondary N) is 2. The normalized spacial score (nSPS) is 11.8. The minimum Gasteiger partial charge on any atom is -0.497 e. The summed E-state index contributed by atoms with van der Waals surface area (Å²) in [6.45, 7) is 11.5. The molecule has 8 rings (SSSR count). The second-order valence-electron chi connectivity index (χ2n) is 22.8. The maximum absolute atomic E-state index is 12.6.